The predicted octanol–water partition coefficient (Wildman–Crippen LogP) is 3.33. The van der Waals surface area contributed by atoms with E-state index in [1.807, 2.05) is 30.3 Å². The number of hydrogen-bond acceptors (Lipinski definition) is 3. The number of ether oxygens (including phenoxy) is 1. The molecule has 0 aliphatic heterocycles. The summed E-state index contributed by atoms with van der Waals surface area (Å²) in [4.78, 5) is 22.3. The Kier molecular flexibility index (Phi) is 6.68. The Balaban J connectivity index is 1.81. The molecule has 7 heteroatoms. The number of rotatable bonds is 5. The molecule has 0 heterocycles. The predicted molar refractivity (Wildman–Crippen MR) is 89.4 cm³/mol. The van der Waals surface area contributed by atoms with Gasteiger partial charge >= 0.3 is 12.1 Å². The van der Waals surface area contributed by atoms with Crippen LogP contribution in [0, 0.1) is 23.5 Å². The van der Waals surface area contributed by atoms with Gasteiger partial charge in [0.15, 0.2) is 0 Å². The van der Waals surface area contributed by atoms with Crippen molar-refractivity contribution in [2.24, 2.45) is 0 Å². The molecule has 0 saturated heterocycles. The van der Waals surface area contributed by atoms with E-state index in [0.717, 1.165) is 11.6 Å². The highest BCUT2D eigenvalue weighted by Gasteiger charge is 2.14. The molecule has 2 N–H and O–H groups in total. The second-order valence-corrected chi connectivity index (χ2v) is 5.16. The summed E-state index contributed by atoms with van der Waals surface area (Å²) in [6.45, 7) is 0.298. The van der Waals surface area contributed by atoms with Gasteiger partial charge in [-0.15, -0.1) is 0 Å². The van der Waals surface area contributed by atoms with Crippen molar-refractivity contribution in [1.82, 2.24) is 5.32 Å². The highest BCUT2D eigenvalue weighted by Crippen LogP contribution is 2.14. The van der Waals surface area contributed by atoms with Crippen molar-refractivity contribution in [2.45, 2.75) is 13.0 Å². The van der Waals surface area contributed by atoms with Crippen molar-refractivity contribution in [3.8, 4) is 11.8 Å². The van der Waals surface area contributed by atoms with Crippen LogP contribution in [-0.2, 0) is 11.3 Å². The zero-order valence-electron chi connectivity index (χ0n) is 13.6. The minimum absolute atomic E-state index is 0.136. The second kappa shape index (κ2) is 9.18. The molecule has 2 rings (SSSR count). The van der Waals surface area contributed by atoms with Crippen molar-refractivity contribution in [3.63, 3.8) is 0 Å². The van der Waals surface area contributed by atoms with Gasteiger partial charge in [-0.25, -0.2) is 18.4 Å². The van der Waals surface area contributed by atoms with Gasteiger partial charge in [-0.05, 0) is 11.6 Å². The topological polar surface area (TPSA) is 75.6 Å². The maximum atomic E-state index is 13.6. The molecule has 0 bridgehead atoms. The fourth-order valence-corrected chi connectivity index (χ4v) is 1.97. The molecule has 0 saturated carbocycles. The van der Waals surface area contributed by atoms with Crippen molar-refractivity contribution >= 4 is 12.1 Å². The van der Waals surface area contributed by atoms with E-state index in [2.05, 4.69) is 17.2 Å². The van der Waals surface area contributed by atoms with E-state index in [9.17, 15) is 18.4 Å². The summed E-state index contributed by atoms with van der Waals surface area (Å²) in [5, 5.41) is 11.3. The monoisotopic (exact) mass is 359 g/mol. The van der Waals surface area contributed by atoms with Gasteiger partial charge in [0.2, 0.25) is 0 Å². The fourth-order valence-electron chi connectivity index (χ4n) is 1.97. The summed E-state index contributed by atoms with van der Waals surface area (Å²) in [6, 6.07) is 10.5. The number of carbonyl (C=O) groups is 2. The summed E-state index contributed by atoms with van der Waals surface area (Å²) in [5.41, 5.74) is -0.0303. The maximum Gasteiger partial charge on any atom is 0.407 e. The van der Waals surface area contributed by atoms with Crippen molar-refractivity contribution in [2.75, 3.05) is 6.54 Å². The third-order valence-corrected chi connectivity index (χ3v) is 3.24. The molecule has 0 radical (unpaired) electrons. The summed E-state index contributed by atoms with van der Waals surface area (Å²) in [6.07, 6.45) is -0.434. The number of benzene rings is 2. The molecule has 0 fully saturated rings. The maximum absolute atomic E-state index is 13.6. The normalized spacial score (nSPS) is 9.77. The molecule has 1 amide bonds. The lowest BCUT2D eigenvalue weighted by Gasteiger charge is -2.05. The third-order valence-electron chi connectivity index (χ3n) is 3.24. The van der Waals surface area contributed by atoms with E-state index < -0.39 is 29.3 Å². The number of amides is 1. The summed E-state index contributed by atoms with van der Waals surface area (Å²) in [5.74, 6) is 1.38. The molecule has 0 aliphatic carbocycles. The molecule has 2 aromatic carbocycles. The molecular weight excluding hydrogens is 344 g/mol. The van der Waals surface area contributed by atoms with Crippen molar-refractivity contribution < 1.29 is 28.2 Å². The Bertz CT molecular complexity index is 857. The Morgan fingerprint density at radius 2 is 1.85 bits per heavy atom. The van der Waals surface area contributed by atoms with E-state index in [4.69, 9.17) is 9.84 Å². The molecule has 0 atom stereocenters. The molecule has 0 unspecified atom stereocenters. The molecule has 5 nitrogen and oxygen atoms in total. The first-order valence-electron chi connectivity index (χ1n) is 7.63. The molecule has 2 aromatic rings. The molecule has 0 aliphatic rings. The van der Waals surface area contributed by atoms with Gasteiger partial charge in [-0.3, -0.25) is 0 Å². The largest absolute Gasteiger partial charge is 0.478 e. The van der Waals surface area contributed by atoms with E-state index in [0.29, 0.717) is 6.07 Å². The van der Waals surface area contributed by atoms with Gasteiger partial charge in [0, 0.05) is 19.0 Å². The van der Waals surface area contributed by atoms with Gasteiger partial charge in [0.05, 0.1) is 11.1 Å². The van der Waals surface area contributed by atoms with Crippen LogP contribution in [0.4, 0.5) is 13.6 Å². The van der Waals surface area contributed by atoms with E-state index in [1.54, 1.807) is 0 Å². The van der Waals surface area contributed by atoms with Crippen LogP contribution in [0.3, 0.4) is 0 Å². The number of halogens is 2. The van der Waals surface area contributed by atoms with Crippen LogP contribution in [0.2, 0.25) is 0 Å². The lowest BCUT2D eigenvalue weighted by molar-refractivity contribution is 0.0691. The van der Waals surface area contributed by atoms with Crippen molar-refractivity contribution in [3.05, 3.63) is 70.8 Å². The number of carboxylic acid groups (broad SMARTS) is 1. The number of hydrogen-bond donors (Lipinski definition) is 2. The first kappa shape index (κ1) is 18.9. The van der Waals surface area contributed by atoms with Crippen LogP contribution < -0.4 is 5.32 Å². The van der Waals surface area contributed by atoms with Crippen LogP contribution in [-0.4, -0.2) is 23.7 Å². The summed E-state index contributed by atoms with van der Waals surface area (Å²) < 4.78 is 31.8. The zero-order valence-corrected chi connectivity index (χ0v) is 13.6. The smallest absolute Gasteiger partial charge is 0.407 e. The standard InChI is InChI=1S/C19H15F2NO4/c20-16-11-17(21)15(18(23)24)10-14(16)8-4-5-9-22-19(25)26-12-13-6-2-1-3-7-13/h1-3,6-7,10-11H,5,9,12H2,(H,22,25)(H,23,24). The number of aromatic carboxylic acids is 1. The molecule has 0 aromatic heterocycles. The first-order chi connectivity index (χ1) is 12.5. The van der Waals surface area contributed by atoms with Crippen molar-refractivity contribution in [1.29, 1.82) is 0 Å². The highest BCUT2D eigenvalue weighted by molar-refractivity contribution is 5.88. The molecular formula is C19H15F2NO4. The molecule has 0 spiro atoms. The van der Waals surface area contributed by atoms with Gasteiger partial charge in [-0.1, -0.05) is 42.2 Å². The Labute approximate surface area is 148 Å². The number of carbonyl (C=O) groups excluding carboxylic acids is 1. The Morgan fingerprint density at radius 1 is 1.12 bits per heavy atom. The quantitative estimate of drug-likeness (QED) is 0.634. The van der Waals surface area contributed by atoms with Crippen LogP contribution in [0.1, 0.15) is 27.9 Å². The van der Waals surface area contributed by atoms with E-state index in [1.165, 1.54) is 0 Å². The van der Waals surface area contributed by atoms with Crippen LogP contribution in [0.5, 0.6) is 0 Å². The average molecular weight is 359 g/mol. The van der Waals surface area contributed by atoms with Gasteiger partial charge in [-0.2, -0.15) is 0 Å². The van der Waals surface area contributed by atoms with Gasteiger partial charge < -0.3 is 15.2 Å². The third kappa shape index (κ3) is 5.60. The highest BCUT2D eigenvalue weighted by atomic mass is 19.1. The van der Waals surface area contributed by atoms with E-state index >= 15 is 0 Å². The first-order valence-corrected chi connectivity index (χ1v) is 7.63. The number of carboxylic acids is 1. The molecule has 134 valence electrons. The van der Waals surface area contributed by atoms with Crippen LogP contribution >= 0.6 is 0 Å². The molecule has 26 heavy (non-hydrogen) atoms. The van der Waals surface area contributed by atoms with Gasteiger partial charge in [0.1, 0.15) is 18.2 Å². The minimum atomic E-state index is -1.51. The SMILES string of the molecule is O=C(NCCC#Cc1cc(C(=O)O)c(F)cc1F)OCc1ccccc1. The lowest BCUT2D eigenvalue weighted by Crippen LogP contribution is -2.24. The average Bonchev–Trinajstić information content (AvgIpc) is 2.61. The Morgan fingerprint density at radius 3 is 2.54 bits per heavy atom. The Hall–Kier alpha value is -3.40. The van der Waals surface area contributed by atoms with Crippen LogP contribution in [0.25, 0.3) is 0 Å². The second-order valence-electron chi connectivity index (χ2n) is 5.16. The zero-order chi connectivity index (χ0) is 18.9. The van der Waals surface area contributed by atoms with E-state index in [-0.39, 0.29) is 25.1 Å². The van der Waals surface area contributed by atoms with Gasteiger partial charge in [0.25, 0.3) is 0 Å². The number of alkyl carbamates (subject to hydrolysis) is 1. The lowest BCUT2D eigenvalue weighted by atomic mass is 10.1. The summed E-state index contributed by atoms with van der Waals surface area (Å²) >= 11 is 0. The summed E-state index contributed by atoms with van der Waals surface area (Å²) in [7, 11) is 0. The van der Waals surface area contributed by atoms with Crippen LogP contribution in [0.15, 0.2) is 42.5 Å². The number of nitrogens with one attached hydrogen (secondary N) is 1. The minimum Gasteiger partial charge on any atom is -0.478 e. The fraction of sp³-hybridized carbons (Fsp3) is 0.158.